The summed E-state index contributed by atoms with van der Waals surface area (Å²) in [5.41, 5.74) is 5.82. The van der Waals surface area contributed by atoms with Gasteiger partial charge in [0, 0.05) is 23.9 Å². The lowest BCUT2D eigenvalue weighted by Gasteiger charge is -2.17. The van der Waals surface area contributed by atoms with Crippen molar-refractivity contribution in [2.45, 2.75) is 13.5 Å². The molecular weight excluding hydrogens is 414 g/mol. The Bertz CT molecular complexity index is 1170. The molecule has 0 saturated heterocycles. The molecule has 33 heavy (non-hydrogen) atoms. The summed E-state index contributed by atoms with van der Waals surface area (Å²) >= 11 is 0. The molecule has 6 heteroatoms. The molecule has 3 aromatic carbocycles. The van der Waals surface area contributed by atoms with E-state index < -0.39 is 0 Å². The Morgan fingerprint density at radius 1 is 0.970 bits per heavy atom. The first kappa shape index (κ1) is 22.4. The van der Waals surface area contributed by atoms with Crippen LogP contribution in [0.25, 0.3) is 11.3 Å². The average Bonchev–Trinajstić information content (AvgIpc) is 3.17. The van der Waals surface area contributed by atoms with Crippen LogP contribution in [0, 0.1) is 0 Å². The van der Waals surface area contributed by atoms with Crippen molar-refractivity contribution >= 4 is 28.6 Å². The highest BCUT2D eigenvalue weighted by Crippen LogP contribution is 2.43. The fourth-order valence-corrected chi connectivity index (χ4v) is 3.89. The smallest absolute Gasteiger partial charge is 0.258 e. The Labute approximate surface area is 194 Å². The Kier molecular flexibility index (Phi) is 6.66. The number of methoxy groups -OCH3 is 2. The molecule has 0 fully saturated rings. The molecule has 0 spiro atoms. The second-order valence-corrected chi connectivity index (χ2v) is 7.98. The average molecular weight is 444 g/mol. The molecule has 0 bridgehead atoms. The number of rotatable bonds is 8. The molecule has 0 saturated carbocycles. The van der Waals surface area contributed by atoms with Gasteiger partial charge in [-0.25, -0.2) is 0 Å². The first-order chi connectivity index (χ1) is 16.0. The Morgan fingerprint density at radius 2 is 1.64 bits per heavy atom. The third-order valence-corrected chi connectivity index (χ3v) is 5.80. The molecule has 2 N–H and O–H groups in total. The summed E-state index contributed by atoms with van der Waals surface area (Å²) in [6, 6.07) is 21.8. The van der Waals surface area contributed by atoms with Crippen molar-refractivity contribution in [1.29, 1.82) is 0 Å². The highest BCUT2D eigenvalue weighted by molar-refractivity contribution is 6.37. The number of hydrogen-bond acceptors (Lipinski definition) is 5. The van der Waals surface area contributed by atoms with Crippen molar-refractivity contribution in [2.24, 2.45) is 0 Å². The molecule has 0 aliphatic carbocycles. The number of anilines is 2. The molecule has 0 radical (unpaired) electrons. The number of hydrogen-bond donors (Lipinski definition) is 2. The van der Waals surface area contributed by atoms with Gasteiger partial charge >= 0.3 is 0 Å². The maximum atomic E-state index is 13.1. The van der Waals surface area contributed by atoms with Crippen LogP contribution >= 0.6 is 0 Å². The van der Waals surface area contributed by atoms with Gasteiger partial charge in [0.1, 0.15) is 0 Å². The summed E-state index contributed by atoms with van der Waals surface area (Å²) in [6.07, 6.45) is 0. The third-order valence-electron chi connectivity index (χ3n) is 5.80. The number of fused-ring (bicyclic) bond motifs is 1. The SMILES string of the molecule is CCN(C)Cc1ccc(NC(=C2C(=O)Nc3cc(OC)c(OC)cc32)c2ccccc2)cc1. The van der Waals surface area contributed by atoms with Crippen molar-refractivity contribution in [3.8, 4) is 11.5 Å². The van der Waals surface area contributed by atoms with Crippen LogP contribution in [-0.4, -0.2) is 38.6 Å². The molecule has 0 unspecified atom stereocenters. The zero-order chi connectivity index (χ0) is 23.4. The summed E-state index contributed by atoms with van der Waals surface area (Å²) in [4.78, 5) is 15.4. The maximum absolute atomic E-state index is 13.1. The van der Waals surface area contributed by atoms with Gasteiger partial charge in [-0.1, -0.05) is 49.4 Å². The molecule has 1 aliphatic heterocycles. The van der Waals surface area contributed by atoms with Gasteiger partial charge in [0.2, 0.25) is 0 Å². The highest BCUT2D eigenvalue weighted by Gasteiger charge is 2.30. The van der Waals surface area contributed by atoms with E-state index in [0.29, 0.717) is 22.8 Å². The zero-order valence-electron chi connectivity index (χ0n) is 19.4. The summed E-state index contributed by atoms with van der Waals surface area (Å²) in [5, 5.41) is 6.47. The first-order valence-electron chi connectivity index (χ1n) is 11.0. The maximum Gasteiger partial charge on any atom is 0.258 e. The summed E-state index contributed by atoms with van der Waals surface area (Å²) in [7, 11) is 5.27. The van der Waals surface area contributed by atoms with Crippen LogP contribution in [0.1, 0.15) is 23.6 Å². The lowest BCUT2D eigenvalue weighted by atomic mass is 9.99. The van der Waals surface area contributed by atoms with E-state index in [0.717, 1.165) is 35.6 Å². The van der Waals surface area contributed by atoms with E-state index in [9.17, 15) is 4.79 Å². The molecule has 1 aliphatic rings. The molecule has 170 valence electrons. The number of carbonyl (C=O) groups is 1. The lowest BCUT2D eigenvalue weighted by Crippen LogP contribution is -2.16. The Hall–Kier alpha value is -3.77. The summed E-state index contributed by atoms with van der Waals surface area (Å²) in [6.45, 7) is 4.02. The monoisotopic (exact) mass is 443 g/mol. The van der Waals surface area contributed by atoms with Gasteiger partial charge in [0.25, 0.3) is 5.91 Å². The van der Waals surface area contributed by atoms with Gasteiger partial charge in [0.05, 0.1) is 31.2 Å². The molecule has 0 aromatic heterocycles. The van der Waals surface area contributed by atoms with Crippen molar-refractivity contribution in [1.82, 2.24) is 4.90 Å². The normalized spacial score (nSPS) is 14.0. The third kappa shape index (κ3) is 4.71. The van der Waals surface area contributed by atoms with E-state index >= 15 is 0 Å². The molecule has 4 rings (SSSR count). The Balaban J connectivity index is 1.79. The number of ether oxygens (including phenoxy) is 2. The minimum atomic E-state index is -0.173. The van der Waals surface area contributed by atoms with Crippen LogP contribution in [-0.2, 0) is 11.3 Å². The quantitative estimate of drug-likeness (QED) is 0.475. The van der Waals surface area contributed by atoms with Crippen LogP contribution in [0.5, 0.6) is 11.5 Å². The number of benzene rings is 3. The highest BCUT2D eigenvalue weighted by atomic mass is 16.5. The van der Waals surface area contributed by atoms with E-state index in [-0.39, 0.29) is 5.91 Å². The van der Waals surface area contributed by atoms with Gasteiger partial charge in [0.15, 0.2) is 11.5 Å². The molecule has 6 nitrogen and oxygen atoms in total. The number of carbonyl (C=O) groups excluding carboxylic acids is 1. The van der Waals surface area contributed by atoms with Crippen LogP contribution in [0.15, 0.2) is 66.7 Å². The van der Waals surface area contributed by atoms with Crippen molar-refractivity contribution < 1.29 is 14.3 Å². The van der Waals surface area contributed by atoms with E-state index in [2.05, 4.69) is 41.6 Å². The second-order valence-electron chi connectivity index (χ2n) is 7.98. The fraction of sp³-hybridized carbons (Fsp3) is 0.222. The van der Waals surface area contributed by atoms with Gasteiger partial charge in [-0.05, 0) is 42.9 Å². The Morgan fingerprint density at radius 3 is 2.27 bits per heavy atom. The standard InChI is InChI=1S/C27H29N3O3/c1-5-30(2)17-18-11-13-20(14-12-18)28-26(19-9-7-6-8-10-19)25-21-15-23(32-3)24(33-4)16-22(21)29-27(25)31/h6-16,28H,5,17H2,1-4H3,(H,29,31). The molecule has 3 aromatic rings. The number of nitrogens with zero attached hydrogens (tertiary/aromatic N) is 1. The second kappa shape index (κ2) is 9.79. The van der Waals surface area contributed by atoms with Crippen LogP contribution in [0.4, 0.5) is 11.4 Å². The summed E-state index contributed by atoms with van der Waals surface area (Å²) in [5.74, 6) is 0.967. The van der Waals surface area contributed by atoms with Gasteiger partial charge < -0.3 is 25.0 Å². The van der Waals surface area contributed by atoms with E-state index in [1.807, 2.05) is 48.5 Å². The first-order valence-corrected chi connectivity index (χ1v) is 11.0. The van der Waals surface area contributed by atoms with E-state index in [4.69, 9.17) is 9.47 Å². The van der Waals surface area contributed by atoms with Gasteiger partial charge in [-0.15, -0.1) is 0 Å². The van der Waals surface area contributed by atoms with Crippen molar-refractivity contribution in [3.05, 3.63) is 83.4 Å². The van der Waals surface area contributed by atoms with Crippen LogP contribution in [0.3, 0.4) is 0 Å². The van der Waals surface area contributed by atoms with E-state index in [1.54, 1.807) is 20.3 Å². The molecular formula is C27H29N3O3. The van der Waals surface area contributed by atoms with E-state index in [1.165, 1.54) is 5.56 Å². The predicted octanol–water partition coefficient (Wildman–Crippen LogP) is 5.09. The number of amides is 1. The zero-order valence-corrected chi connectivity index (χ0v) is 19.4. The number of nitrogens with one attached hydrogen (secondary N) is 2. The topological polar surface area (TPSA) is 62.8 Å². The minimum Gasteiger partial charge on any atom is -0.493 e. The minimum absolute atomic E-state index is 0.173. The lowest BCUT2D eigenvalue weighted by molar-refractivity contribution is -0.110. The fourth-order valence-electron chi connectivity index (χ4n) is 3.89. The van der Waals surface area contributed by atoms with Crippen LogP contribution < -0.4 is 20.1 Å². The van der Waals surface area contributed by atoms with Crippen molar-refractivity contribution in [3.63, 3.8) is 0 Å². The van der Waals surface area contributed by atoms with Gasteiger partial charge in [-0.2, -0.15) is 0 Å². The predicted molar refractivity (Wildman–Crippen MR) is 134 cm³/mol. The van der Waals surface area contributed by atoms with Crippen molar-refractivity contribution in [2.75, 3.05) is 38.4 Å². The molecule has 1 heterocycles. The molecule has 0 atom stereocenters. The van der Waals surface area contributed by atoms with Gasteiger partial charge in [-0.3, -0.25) is 4.79 Å². The molecule has 1 amide bonds. The van der Waals surface area contributed by atoms with Crippen LogP contribution in [0.2, 0.25) is 0 Å². The largest absolute Gasteiger partial charge is 0.493 e. The summed E-state index contributed by atoms with van der Waals surface area (Å²) < 4.78 is 10.9.